The molecule has 0 bridgehead atoms. The molecule has 1 saturated heterocycles. The summed E-state index contributed by atoms with van der Waals surface area (Å²) in [5.41, 5.74) is -1.62. The van der Waals surface area contributed by atoms with Gasteiger partial charge in [-0.3, -0.25) is 4.90 Å². The van der Waals surface area contributed by atoms with Crippen molar-refractivity contribution in [1.29, 1.82) is 0 Å². The second kappa shape index (κ2) is 7.79. The fourth-order valence-corrected chi connectivity index (χ4v) is 2.61. The van der Waals surface area contributed by atoms with Crippen LogP contribution in [0.25, 0.3) is 0 Å². The number of ether oxygens (including phenoxy) is 1. The third-order valence-electron chi connectivity index (χ3n) is 3.63. The maximum atomic E-state index is 13.5. The van der Waals surface area contributed by atoms with E-state index in [1.54, 1.807) is 0 Å². The highest BCUT2D eigenvalue weighted by Gasteiger charge is 2.46. The van der Waals surface area contributed by atoms with Gasteiger partial charge in [0.2, 0.25) is 0 Å². The van der Waals surface area contributed by atoms with Crippen LogP contribution < -0.4 is 10.1 Å². The number of rotatable bonds is 3. The minimum absolute atomic E-state index is 0. The van der Waals surface area contributed by atoms with Gasteiger partial charge < -0.3 is 10.1 Å². The van der Waals surface area contributed by atoms with Crippen LogP contribution in [0.4, 0.5) is 26.3 Å². The van der Waals surface area contributed by atoms with E-state index in [2.05, 4.69) is 5.32 Å². The Morgan fingerprint density at radius 1 is 1.04 bits per heavy atom. The van der Waals surface area contributed by atoms with Gasteiger partial charge in [0.1, 0.15) is 11.8 Å². The molecule has 0 unspecified atom stereocenters. The van der Waals surface area contributed by atoms with Gasteiger partial charge >= 0.3 is 12.4 Å². The Morgan fingerprint density at radius 2 is 1.62 bits per heavy atom. The van der Waals surface area contributed by atoms with E-state index in [-0.39, 0.29) is 31.2 Å². The van der Waals surface area contributed by atoms with Crippen molar-refractivity contribution in [3.8, 4) is 5.75 Å². The Labute approximate surface area is 141 Å². The summed E-state index contributed by atoms with van der Waals surface area (Å²) >= 11 is 0. The lowest BCUT2D eigenvalue weighted by Crippen LogP contribution is -2.49. The molecule has 1 fully saturated rings. The molecule has 138 valence electrons. The Kier molecular flexibility index (Phi) is 6.77. The molecule has 24 heavy (non-hydrogen) atoms. The summed E-state index contributed by atoms with van der Waals surface area (Å²) in [4.78, 5) is 1.13. The van der Waals surface area contributed by atoms with Crippen molar-refractivity contribution in [3.63, 3.8) is 0 Å². The SMILES string of the molecule is COc1cc([C@@H](N2CCNCC2)C(F)(F)F)cc(C(F)(F)F)c1.Cl. The first-order chi connectivity index (χ1) is 10.6. The summed E-state index contributed by atoms with van der Waals surface area (Å²) in [6, 6.07) is 0.146. The predicted octanol–water partition coefficient (Wildman–Crippen LogP) is 3.64. The highest BCUT2D eigenvalue weighted by atomic mass is 35.5. The van der Waals surface area contributed by atoms with Crippen molar-refractivity contribution >= 4 is 12.4 Å². The molecule has 2 rings (SSSR count). The van der Waals surface area contributed by atoms with Gasteiger partial charge in [-0.25, -0.2) is 0 Å². The molecule has 0 aliphatic carbocycles. The Bertz CT molecular complexity index is 543. The fraction of sp³-hybridized carbons (Fsp3) is 0.571. The summed E-state index contributed by atoms with van der Waals surface area (Å²) < 4.78 is 83.9. The number of nitrogens with one attached hydrogen (secondary N) is 1. The summed E-state index contributed by atoms with van der Waals surface area (Å²) in [6.45, 7) is 0.900. The monoisotopic (exact) mass is 378 g/mol. The van der Waals surface area contributed by atoms with Crippen molar-refractivity contribution in [2.75, 3.05) is 33.3 Å². The van der Waals surface area contributed by atoms with Crippen LogP contribution in [0, 0.1) is 0 Å². The van der Waals surface area contributed by atoms with Gasteiger partial charge in [-0.1, -0.05) is 0 Å². The van der Waals surface area contributed by atoms with Crippen LogP contribution in [0.2, 0.25) is 0 Å². The van der Waals surface area contributed by atoms with E-state index in [0.717, 1.165) is 18.1 Å². The molecule has 1 aliphatic heterocycles. The van der Waals surface area contributed by atoms with Gasteiger partial charge in [-0.2, -0.15) is 26.3 Å². The van der Waals surface area contributed by atoms with E-state index in [1.807, 2.05) is 0 Å². The van der Waals surface area contributed by atoms with E-state index in [9.17, 15) is 26.3 Å². The Morgan fingerprint density at radius 3 is 2.08 bits per heavy atom. The Hall–Kier alpha value is -1.19. The van der Waals surface area contributed by atoms with Crippen LogP contribution in [-0.2, 0) is 6.18 Å². The zero-order chi connectivity index (χ0) is 17.3. The first-order valence-electron chi connectivity index (χ1n) is 6.90. The zero-order valence-corrected chi connectivity index (χ0v) is 13.5. The molecule has 0 aromatic heterocycles. The fourth-order valence-electron chi connectivity index (χ4n) is 2.61. The third kappa shape index (κ3) is 4.90. The number of halogens is 7. The second-order valence-electron chi connectivity index (χ2n) is 5.22. The lowest BCUT2D eigenvalue weighted by molar-refractivity contribution is -0.188. The van der Waals surface area contributed by atoms with Gasteiger partial charge in [0.15, 0.2) is 0 Å². The molecule has 0 saturated carbocycles. The average Bonchev–Trinajstić information content (AvgIpc) is 2.46. The van der Waals surface area contributed by atoms with Crippen LogP contribution >= 0.6 is 12.4 Å². The van der Waals surface area contributed by atoms with Crippen molar-refractivity contribution in [2.45, 2.75) is 18.4 Å². The van der Waals surface area contributed by atoms with Crippen molar-refractivity contribution in [1.82, 2.24) is 10.2 Å². The maximum absolute atomic E-state index is 13.5. The first kappa shape index (κ1) is 20.9. The third-order valence-corrected chi connectivity index (χ3v) is 3.63. The number of hydrogen-bond donors (Lipinski definition) is 1. The van der Waals surface area contributed by atoms with E-state index < -0.39 is 29.5 Å². The molecule has 1 heterocycles. The van der Waals surface area contributed by atoms with Crippen LogP contribution in [0.5, 0.6) is 5.75 Å². The smallest absolute Gasteiger partial charge is 0.416 e. The van der Waals surface area contributed by atoms with Gasteiger partial charge in [0.25, 0.3) is 0 Å². The largest absolute Gasteiger partial charge is 0.497 e. The molecular weight excluding hydrogens is 362 g/mol. The van der Waals surface area contributed by atoms with Crippen LogP contribution in [0.15, 0.2) is 18.2 Å². The summed E-state index contributed by atoms with van der Waals surface area (Å²) in [5.74, 6) is -0.251. The van der Waals surface area contributed by atoms with Gasteiger partial charge in [0, 0.05) is 26.2 Å². The zero-order valence-electron chi connectivity index (χ0n) is 12.7. The highest BCUT2D eigenvalue weighted by molar-refractivity contribution is 5.85. The molecule has 0 amide bonds. The molecule has 1 atom stereocenters. The number of hydrogen-bond acceptors (Lipinski definition) is 3. The molecule has 1 N–H and O–H groups in total. The van der Waals surface area contributed by atoms with Crippen LogP contribution in [-0.4, -0.2) is 44.4 Å². The standard InChI is InChI=1S/C14H16F6N2O.ClH/c1-23-11-7-9(6-10(8-11)13(15,16)17)12(14(18,19)20)22-4-2-21-3-5-22;/h6-8,12,21H,2-5H2,1H3;1H/t12-;/m1./s1. The molecule has 1 aliphatic rings. The van der Waals surface area contributed by atoms with Crippen LogP contribution in [0.1, 0.15) is 17.2 Å². The minimum atomic E-state index is -4.75. The first-order valence-corrected chi connectivity index (χ1v) is 6.90. The normalized spacial score (nSPS) is 18.0. The number of nitrogens with zero attached hydrogens (tertiary/aromatic N) is 1. The summed E-state index contributed by atoms with van der Waals surface area (Å²) in [7, 11) is 1.12. The van der Waals surface area contributed by atoms with Gasteiger partial charge in [-0.15, -0.1) is 12.4 Å². The summed E-state index contributed by atoms with van der Waals surface area (Å²) in [6.07, 6.45) is -9.44. The number of methoxy groups -OCH3 is 1. The van der Waals surface area contributed by atoms with E-state index in [0.29, 0.717) is 25.2 Å². The molecule has 10 heteroatoms. The minimum Gasteiger partial charge on any atom is -0.497 e. The topological polar surface area (TPSA) is 24.5 Å². The molecule has 1 aromatic rings. The van der Waals surface area contributed by atoms with Gasteiger partial charge in [0.05, 0.1) is 12.7 Å². The number of benzene rings is 1. The Balaban J connectivity index is 0.00000288. The molecule has 0 spiro atoms. The van der Waals surface area contributed by atoms with E-state index in [4.69, 9.17) is 4.74 Å². The lowest BCUT2D eigenvalue weighted by atomic mass is 10.0. The predicted molar refractivity (Wildman–Crippen MR) is 78.5 cm³/mol. The van der Waals surface area contributed by atoms with Crippen LogP contribution in [0.3, 0.4) is 0 Å². The number of alkyl halides is 6. The second-order valence-corrected chi connectivity index (χ2v) is 5.22. The van der Waals surface area contributed by atoms with Crippen molar-refractivity contribution in [3.05, 3.63) is 29.3 Å². The van der Waals surface area contributed by atoms with Gasteiger partial charge in [-0.05, 0) is 23.8 Å². The maximum Gasteiger partial charge on any atom is 0.416 e. The van der Waals surface area contributed by atoms with E-state index >= 15 is 0 Å². The lowest BCUT2D eigenvalue weighted by Gasteiger charge is -2.36. The quantitative estimate of drug-likeness (QED) is 0.813. The molecular formula is C14H17ClF6N2O. The number of piperazine rings is 1. The van der Waals surface area contributed by atoms with Crippen molar-refractivity contribution in [2.24, 2.45) is 0 Å². The molecule has 0 radical (unpaired) electrons. The van der Waals surface area contributed by atoms with E-state index in [1.165, 1.54) is 0 Å². The highest BCUT2D eigenvalue weighted by Crippen LogP contribution is 2.41. The van der Waals surface area contributed by atoms with Crippen molar-refractivity contribution < 1.29 is 31.1 Å². The summed E-state index contributed by atoms with van der Waals surface area (Å²) in [5, 5.41) is 2.92. The molecule has 1 aromatic carbocycles. The molecule has 3 nitrogen and oxygen atoms in total. The average molecular weight is 379 g/mol.